The van der Waals surface area contributed by atoms with Crippen LogP contribution in [0.1, 0.15) is 6.92 Å². The van der Waals surface area contributed by atoms with Crippen LogP contribution < -0.4 is 0 Å². The van der Waals surface area contributed by atoms with Crippen LogP contribution in [0, 0.1) is 0 Å². The van der Waals surface area contributed by atoms with Crippen LogP contribution in [0.2, 0.25) is 13.1 Å². The van der Waals surface area contributed by atoms with Crippen molar-refractivity contribution in [3.8, 4) is 0 Å². The minimum Gasteiger partial charge on any atom is -0.428 e. The van der Waals surface area contributed by atoms with Crippen LogP contribution in [0.15, 0.2) is 11.8 Å². The molecule has 2 heteroatoms. The van der Waals surface area contributed by atoms with Gasteiger partial charge in [-0.2, -0.15) is 0 Å². The number of allylic oxidation sites excluding steroid dienone is 1. The summed E-state index contributed by atoms with van der Waals surface area (Å²) in [6, 6.07) is 0. The Hall–Kier alpha value is -0.0831. The maximum atomic E-state index is 9.07. The third-order valence-corrected chi connectivity index (χ3v) is 1.72. The molecule has 0 atom stereocenters. The molecule has 7 heavy (non-hydrogen) atoms. The summed E-state index contributed by atoms with van der Waals surface area (Å²) in [7, 11) is -1.84. The molecule has 0 aromatic carbocycles. The lowest BCUT2D eigenvalue weighted by molar-refractivity contribution is 0.567. The van der Waals surface area contributed by atoms with Crippen LogP contribution in [-0.2, 0) is 0 Å². The first-order valence-electron chi connectivity index (χ1n) is 2.42. The SMILES string of the molecule is CC=C[Si](C)(C)O. The lowest BCUT2D eigenvalue weighted by Crippen LogP contribution is -2.20. The minimum absolute atomic E-state index is 1.84. The molecule has 0 saturated heterocycles. The molecule has 0 spiro atoms. The number of hydrogen-bond donors (Lipinski definition) is 1. The van der Waals surface area contributed by atoms with Crippen molar-refractivity contribution < 1.29 is 4.80 Å². The fourth-order valence-corrected chi connectivity index (χ4v) is 1.22. The molecule has 1 nitrogen and oxygen atoms in total. The third kappa shape index (κ3) is 5.92. The van der Waals surface area contributed by atoms with E-state index in [-0.39, 0.29) is 0 Å². The molecule has 0 bridgehead atoms. The summed E-state index contributed by atoms with van der Waals surface area (Å²) in [5.41, 5.74) is 1.88. The quantitative estimate of drug-likeness (QED) is 0.512. The summed E-state index contributed by atoms with van der Waals surface area (Å²) in [6.45, 7) is 5.69. The van der Waals surface area contributed by atoms with Crippen LogP contribution in [-0.4, -0.2) is 13.1 Å². The van der Waals surface area contributed by atoms with Gasteiger partial charge < -0.3 is 4.80 Å². The predicted molar refractivity (Wildman–Crippen MR) is 34.5 cm³/mol. The van der Waals surface area contributed by atoms with Crippen molar-refractivity contribution in [3.63, 3.8) is 0 Å². The van der Waals surface area contributed by atoms with Crippen molar-refractivity contribution in [1.82, 2.24) is 0 Å². The zero-order chi connectivity index (χ0) is 5.91. The van der Waals surface area contributed by atoms with Crippen molar-refractivity contribution >= 4 is 8.32 Å². The fraction of sp³-hybridized carbons (Fsp3) is 0.600. The van der Waals surface area contributed by atoms with E-state index < -0.39 is 8.32 Å². The lowest BCUT2D eigenvalue weighted by atomic mass is 10.8. The van der Waals surface area contributed by atoms with E-state index in [0.29, 0.717) is 0 Å². The first-order chi connectivity index (χ1) is 3.06. The van der Waals surface area contributed by atoms with Gasteiger partial charge in [-0.15, -0.1) is 0 Å². The number of hydrogen-bond acceptors (Lipinski definition) is 1. The van der Waals surface area contributed by atoms with Gasteiger partial charge in [0, 0.05) is 0 Å². The molecule has 0 aliphatic carbocycles. The Morgan fingerprint density at radius 2 is 1.86 bits per heavy atom. The highest BCUT2D eigenvalue weighted by molar-refractivity contribution is 6.74. The van der Waals surface area contributed by atoms with Gasteiger partial charge in [0.2, 0.25) is 8.32 Å². The summed E-state index contributed by atoms with van der Waals surface area (Å²) < 4.78 is 0. The first kappa shape index (κ1) is 6.92. The van der Waals surface area contributed by atoms with E-state index in [1.54, 1.807) is 0 Å². The monoisotopic (exact) mass is 116 g/mol. The molecular formula is C5H12OSi. The normalized spacial score (nSPS) is 13.1. The molecular weight excluding hydrogens is 104 g/mol. The number of rotatable bonds is 1. The van der Waals surface area contributed by atoms with E-state index >= 15 is 0 Å². The molecule has 0 heterocycles. The Kier molecular flexibility index (Phi) is 2.26. The minimum atomic E-state index is -1.84. The van der Waals surface area contributed by atoms with Crippen molar-refractivity contribution in [2.24, 2.45) is 0 Å². The van der Waals surface area contributed by atoms with Gasteiger partial charge in [-0.25, -0.2) is 0 Å². The van der Waals surface area contributed by atoms with Gasteiger partial charge in [0.1, 0.15) is 0 Å². The van der Waals surface area contributed by atoms with Gasteiger partial charge in [0.05, 0.1) is 0 Å². The molecule has 0 unspecified atom stereocenters. The highest BCUT2D eigenvalue weighted by Crippen LogP contribution is 1.95. The second-order valence-electron chi connectivity index (χ2n) is 2.15. The summed E-state index contributed by atoms with van der Waals surface area (Å²) in [4.78, 5) is 9.07. The molecule has 42 valence electrons. The fourth-order valence-electron chi connectivity index (χ4n) is 0.408. The average molecular weight is 116 g/mol. The van der Waals surface area contributed by atoms with E-state index in [2.05, 4.69) is 0 Å². The van der Waals surface area contributed by atoms with Gasteiger partial charge in [0.25, 0.3) is 0 Å². The lowest BCUT2D eigenvalue weighted by Gasteiger charge is -2.04. The second-order valence-corrected chi connectivity index (χ2v) is 5.79. The van der Waals surface area contributed by atoms with E-state index in [1.807, 2.05) is 31.8 Å². The highest BCUT2D eigenvalue weighted by atomic mass is 28.4. The third-order valence-electron chi connectivity index (χ3n) is 0.575. The Balaban J connectivity index is 3.56. The summed E-state index contributed by atoms with van der Waals surface area (Å²) >= 11 is 0. The molecule has 0 aliphatic heterocycles. The molecule has 0 fully saturated rings. The average Bonchev–Trinajstić information content (AvgIpc) is 1.30. The van der Waals surface area contributed by atoms with E-state index in [9.17, 15) is 0 Å². The summed E-state index contributed by atoms with van der Waals surface area (Å²) in [5, 5.41) is 0. The molecule has 0 radical (unpaired) electrons. The van der Waals surface area contributed by atoms with Crippen molar-refractivity contribution in [2.75, 3.05) is 0 Å². The van der Waals surface area contributed by atoms with Gasteiger partial charge in [-0.3, -0.25) is 0 Å². The first-order valence-corrected chi connectivity index (χ1v) is 5.45. The van der Waals surface area contributed by atoms with Crippen molar-refractivity contribution in [3.05, 3.63) is 11.8 Å². The highest BCUT2D eigenvalue weighted by Gasteiger charge is 2.08. The maximum Gasteiger partial charge on any atom is 0.206 e. The Bertz CT molecular complexity index is 70.6. The largest absolute Gasteiger partial charge is 0.428 e. The van der Waals surface area contributed by atoms with Gasteiger partial charge in [-0.05, 0) is 20.0 Å². The Labute approximate surface area is 45.8 Å². The Morgan fingerprint density at radius 1 is 1.43 bits per heavy atom. The van der Waals surface area contributed by atoms with Crippen LogP contribution >= 0.6 is 0 Å². The van der Waals surface area contributed by atoms with E-state index in [4.69, 9.17) is 4.80 Å². The molecule has 0 aromatic rings. The van der Waals surface area contributed by atoms with Crippen molar-refractivity contribution in [2.45, 2.75) is 20.0 Å². The summed E-state index contributed by atoms with van der Waals surface area (Å²) in [6.07, 6.45) is 1.90. The second kappa shape index (κ2) is 2.28. The topological polar surface area (TPSA) is 20.2 Å². The molecule has 0 amide bonds. The predicted octanol–water partition coefficient (Wildman–Crippen LogP) is 1.30. The molecule has 0 saturated carbocycles. The van der Waals surface area contributed by atoms with Gasteiger partial charge >= 0.3 is 0 Å². The van der Waals surface area contributed by atoms with E-state index in [1.165, 1.54) is 0 Å². The van der Waals surface area contributed by atoms with Crippen LogP contribution in [0.5, 0.6) is 0 Å². The van der Waals surface area contributed by atoms with Crippen molar-refractivity contribution in [1.29, 1.82) is 0 Å². The van der Waals surface area contributed by atoms with Crippen LogP contribution in [0.4, 0.5) is 0 Å². The Morgan fingerprint density at radius 3 is 1.86 bits per heavy atom. The molecule has 0 aliphatic rings. The summed E-state index contributed by atoms with van der Waals surface area (Å²) in [5.74, 6) is 0. The smallest absolute Gasteiger partial charge is 0.206 e. The zero-order valence-corrected chi connectivity index (χ0v) is 6.10. The van der Waals surface area contributed by atoms with E-state index in [0.717, 1.165) is 0 Å². The van der Waals surface area contributed by atoms with Crippen LogP contribution in [0.25, 0.3) is 0 Å². The maximum absolute atomic E-state index is 9.07. The van der Waals surface area contributed by atoms with Gasteiger partial charge in [-0.1, -0.05) is 11.8 Å². The molecule has 1 N–H and O–H groups in total. The zero-order valence-electron chi connectivity index (χ0n) is 5.10. The molecule has 0 aromatic heterocycles. The molecule has 0 rings (SSSR count). The van der Waals surface area contributed by atoms with Crippen LogP contribution in [0.3, 0.4) is 0 Å². The van der Waals surface area contributed by atoms with Gasteiger partial charge in [0.15, 0.2) is 0 Å². The standard InChI is InChI=1S/C5H12OSi/c1-4-5-7(2,3)6/h4-6H,1-3H3.